The molecule has 1 fully saturated rings. The normalized spacial score (nSPS) is 13.8. The number of fused-ring (bicyclic) bond motifs is 1. The van der Waals surface area contributed by atoms with Gasteiger partial charge in [0.05, 0.1) is 17.6 Å². The summed E-state index contributed by atoms with van der Waals surface area (Å²) in [7, 11) is 0. The Hall–Kier alpha value is -3.62. The summed E-state index contributed by atoms with van der Waals surface area (Å²) in [4.78, 5) is 17.6. The fourth-order valence-corrected chi connectivity index (χ4v) is 3.63. The van der Waals surface area contributed by atoms with Crippen LogP contribution in [-0.2, 0) is 0 Å². The van der Waals surface area contributed by atoms with E-state index in [4.69, 9.17) is 0 Å². The summed E-state index contributed by atoms with van der Waals surface area (Å²) in [6.45, 7) is 3.85. The molecule has 4 aromatic rings. The molecule has 0 saturated heterocycles. The van der Waals surface area contributed by atoms with Crippen molar-refractivity contribution in [3.63, 3.8) is 0 Å². The Labute approximate surface area is 176 Å². The number of hydrogen-bond donors (Lipinski definition) is 2. The summed E-state index contributed by atoms with van der Waals surface area (Å²) in [6.07, 6.45) is 0.395. The second-order valence-electron chi connectivity index (χ2n) is 7.91. The van der Waals surface area contributed by atoms with Crippen molar-refractivity contribution in [2.45, 2.75) is 39.0 Å². The van der Waals surface area contributed by atoms with Crippen molar-refractivity contribution >= 4 is 17.2 Å². The molecule has 1 aliphatic rings. The summed E-state index contributed by atoms with van der Waals surface area (Å²) in [5.41, 5.74) is 4.55. The molecule has 1 saturated carbocycles. The zero-order chi connectivity index (χ0) is 21.7. The van der Waals surface area contributed by atoms with Crippen molar-refractivity contribution in [1.82, 2.24) is 24.8 Å². The second-order valence-corrected chi connectivity index (χ2v) is 7.91. The standard InChI is InChI=1S/C22H20F2N6O/c1-11-3-6-16(14(7-11)18-8-12(2)28-29-18)27-22(31)15-10-25-30-19(20(23)24)9-17(13-4-5-13)26-21(15)30/h3,6-10,13,20H,4-5H2,1-2H3,(H,27,31)(H,28,29). The lowest BCUT2D eigenvalue weighted by molar-refractivity contribution is 0.102. The first-order valence-electron chi connectivity index (χ1n) is 10.0. The average Bonchev–Trinajstić information content (AvgIpc) is 3.36. The second kappa shape index (κ2) is 7.26. The van der Waals surface area contributed by atoms with Crippen LogP contribution in [0, 0.1) is 13.8 Å². The van der Waals surface area contributed by atoms with E-state index in [1.54, 1.807) is 6.07 Å². The molecule has 1 aliphatic carbocycles. The highest BCUT2D eigenvalue weighted by molar-refractivity contribution is 6.09. The summed E-state index contributed by atoms with van der Waals surface area (Å²) in [5.74, 6) is -0.298. The van der Waals surface area contributed by atoms with Gasteiger partial charge in [0.15, 0.2) is 5.65 Å². The molecule has 158 valence electrons. The van der Waals surface area contributed by atoms with Gasteiger partial charge in [0, 0.05) is 22.9 Å². The van der Waals surface area contributed by atoms with Crippen molar-refractivity contribution in [3.8, 4) is 11.3 Å². The van der Waals surface area contributed by atoms with Crippen LogP contribution >= 0.6 is 0 Å². The van der Waals surface area contributed by atoms with Crippen LogP contribution in [0.5, 0.6) is 0 Å². The van der Waals surface area contributed by atoms with Gasteiger partial charge in [-0.15, -0.1) is 0 Å². The Kier molecular flexibility index (Phi) is 4.53. The van der Waals surface area contributed by atoms with Gasteiger partial charge in [-0.3, -0.25) is 9.89 Å². The number of aromatic amines is 1. The molecular weight excluding hydrogens is 402 g/mol. The molecule has 0 bridgehead atoms. The lowest BCUT2D eigenvalue weighted by Gasteiger charge is -2.11. The third-order valence-electron chi connectivity index (χ3n) is 5.39. The van der Waals surface area contributed by atoms with Crippen LogP contribution in [0.1, 0.15) is 58.2 Å². The highest BCUT2D eigenvalue weighted by Crippen LogP contribution is 2.40. The molecule has 31 heavy (non-hydrogen) atoms. The monoisotopic (exact) mass is 422 g/mol. The van der Waals surface area contributed by atoms with Gasteiger partial charge in [-0.05, 0) is 51.0 Å². The van der Waals surface area contributed by atoms with E-state index in [0.717, 1.165) is 34.2 Å². The van der Waals surface area contributed by atoms with E-state index < -0.39 is 12.3 Å². The van der Waals surface area contributed by atoms with Crippen molar-refractivity contribution in [2.24, 2.45) is 0 Å². The molecular formula is C22H20F2N6O. The average molecular weight is 422 g/mol. The summed E-state index contributed by atoms with van der Waals surface area (Å²) >= 11 is 0. The molecule has 2 N–H and O–H groups in total. The van der Waals surface area contributed by atoms with E-state index in [-0.39, 0.29) is 22.8 Å². The maximum Gasteiger partial charge on any atom is 0.280 e. The number of benzene rings is 1. The van der Waals surface area contributed by atoms with Gasteiger partial charge >= 0.3 is 0 Å². The first-order chi connectivity index (χ1) is 14.9. The Bertz CT molecular complexity index is 1300. The van der Waals surface area contributed by atoms with Crippen molar-refractivity contribution in [2.75, 3.05) is 5.32 Å². The summed E-state index contributed by atoms with van der Waals surface area (Å²) in [5, 5.41) is 14.1. The van der Waals surface area contributed by atoms with Crippen LogP contribution in [-0.4, -0.2) is 30.7 Å². The number of nitrogens with zero attached hydrogens (tertiary/aromatic N) is 4. The Morgan fingerprint density at radius 3 is 2.71 bits per heavy atom. The zero-order valence-electron chi connectivity index (χ0n) is 17.0. The number of halogens is 2. The predicted octanol–water partition coefficient (Wildman–Crippen LogP) is 4.80. The minimum atomic E-state index is -2.72. The largest absolute Gasteiger partial charge is 0.321 e. The smallest absolute Gasteiger partial charge is 0.280 e. The minimum Gasteiger partial charge on any atom is -0.321 e. The van der Waals surface area contributed by atoms with Crippen LogP contribution in [0.25, 0.3) is 16.9 Å². The van der Waals surface area contributed by atoms with Gasteiger partial charge in [0.1, 0.15) is 11.3 Å². The van der Waals surface area contributed by atoms with Gasteiger partial charge in [-0.25, -0.2) is 18.3 Å². The maximum absolute atomic E-state index is 13.6. The molecule has 0 spiro atoms. The van der Waals surface area contributed by atoms with Gasteiger partial charge in [0.2, 0.25) is 0 Å². The molecule has 9 heteroatoms. The van der Waals surface area contributed by atoms with E-state index in [0.29, 0.717) is 17.1 Å². The fraction of sp³-hybridized carbons (Fsp3) is 0.273. The zero-order valence-corrected chi connectivity index (χ0v) is 17.0. The van der Waals surface area contributed by atoms with Crippen LogP contribution in [0.15, 0.2) is 36.5 Å². The number of aromatic nitrogens is 5. The minimum absolute atomic E-state index is 0.140. The molecule has 0 atom stereocenters. The van der Waals surface area contributed by atoms with Gasteiger partial charge in [-0.1, -0.05) is 11.6 Å². The molecule has 1 aromatic carbocycles. The Balaban J connectivity index is 1.55. The SMILES string of the molecule is Cc1ccc(NC(=O)c2cnn3c(C(F)F)cc(C4CC4)nc23)c(-c2cc(C)[nH]n2)c1. The predicted molar refractivity (Wildman–Crippen MR) is 111 cm³/mol. The number of anilines is 1. The lowest BCUT2D eigenvalue weighted by atomic mass is 10.1. The number of amides is 1. The van der Waals surface area contributed by atoms with E-state index in [2.05, 4.69) is 25.6 Å². The lowest BCUT2D eigenvalue weighted by Crippen LogP contribution is -2.14. The molecule has 7 nitrogen and oxygen atoms in total. The number of carbonyl (C=O) groups excluding carboxylic acids is 1. The maximum atomic E-state index is 13.6. The molecule has 1 amide bonds. The highest BCUT2D eigenvalue weighted by Gasteiger charge is 2.29. The number of carbonyl (C=O) groups is 1. The summed E-state index contributed by atoms with van der Waals surface area (Å²) in [6, 6.07) is 8.89. The molecule has 0 unspecified atom stereocenters. The van der Waals surface area contributed by atoms with E-state index in [1.165, 1.54) is 12.3 Å². The van der Waals surface area contributed by atoms with Crippen LogP contribution in [0.2, 0.25) is 0 Å². The van der Waals surface area contributed by atoms with E-state index >= 15 is 0 Å². The first-order valence-corrected chi connectivity index (χ1v) is 10.0. The molecule has 0 radical (unpaired) electrons. The number of alkyl halides is 2. The number of hydrogen-bond acceptors (Lipinski definition) is 4. The fourth-order valence-electron chi connectivity index (χ4n) is 3.63. The topological polar surface area (TPSA) is 88.0 Å². The van der Waals surface area contributed by atoms with Crippen molar-refractivity contribution in [3.05, 3.63) is 64.7 Å². The Morgan fingerprint density at radius 2 is 2.03 bits per heavy atom. The number of H-pyrrole nitrogens is 1. The number of aryl methyl sites for hydroxylation is 2. The van der Waals surface area contributed by atoms with Crippen LogP contribution < -0.4 is 5.32 Å². The van der Waals surface area contributed by atoms with E-state index in [9.17, 15) is 13.6 Å². The van der Waals surface area contributed by atoms with Crippen molar-refractivity contribution < 1.29 is 13.6 Å². The Morgan fingerprint density at radius 1 is 1.23 bits per heavy atom. The molecule has 3 aromatic heterocycles. The molecule has 5 rings (SSSR count). The summed E-state index contributed by atoms with van der Waals surface area (Å²) < 4.78 is 28.3. The highest BCUT2D eigenvalue weighted by atomic mass is 19.3. The quantitative estimate of drug-likeness (QED) is 0.483. The third kappa shape index (κ3) is 3.56. The van der Waals surface area contributed by atoms with Gasteiger partial charge < -0.3 is 5.32 Å². The van der Waals surface area contributed by atoms with Gasteiger partial charge in [-0.2, -0.15) is 10.2 Å². The number of nitrogens with one attached hydrogen (secondary N) is 2. The molecule has 0 aliphatic heterocycles. The van der Waals surface area contributed by atoms with Gasteiger partial charge in [0.25, 0.3) is 12.3 Å². The third-order valence-corrected chi connectivity index (χ3v) is 5.39. The van der Waals surface area contributed by atoms with Crippen molar-refractivity contribution in [1.29, 1.82) is 0 Å². The van der Waals surface area contributed by atoms with Crippen LogP contribution in [0.4, 0.5) is 14.5 Å². The van der Waals surface area contributed by atoms with Crippen LogP contribution in [0.3, 0.4) is 0 Å². The number of rotatable bonds is 5. The first kappa shape index (κ1) is 19.3. The van der Waals surface area contributed by atoms with E-state index in [1.807, 2.05) is 32.0 Å². The molecule has 3 heterocycles.